The maximum absolute atomic E-state index is 11.2. The van der Waals surface area contributed by atoms with Gasteiger partial charge in [-0.2, -0.15) is 0 Å². The second-order valence-electron chi connectivity index (χ2n) is 18.7. The SMILES string of the molecule is CC(C)(C)c1cc(-c2cc(-c3[c-]c(-c4cc(-c5cccc6c7ccccc7n(-c7ccccc7)c56)ccn4)cc(-c4cccnc4)c3)nc(-c3ccccc3O)c2)cc(C(C)(C)C)c1.[Pt]. The van der Waals surface area contributed by atoms with Gasteiger partial charge in [-0.3, -0.25) is 15.0 Å². The number of rotatable bonds is 7. The topological polar surface area (TPSA) is 63.8 Å². The van der Waals surface area contributed by atoms with Crippen molar-refractivity contribution in [2.75, 3.05) is 0 Å². The summed E-state index contributed by atoms with van der Waals surface area (Å²) < 4.78 is 2.37. The van der Waals surface area contributed by atoms with Crippen LogP contribution in [0.5, 0.6) is 5.75 Å². The van der Waals surface area contributed by atoms with Gasteiger partial charge in [0.05, 0.1) is 16.7 Å². The van der Waals surface area contributed by atoms with Crippen LogP contribution in [0.3, 0.4) is 0 Å². The number of aromatic hydroxyl groups is 1. The van der Waals surface area contributed by atoms with Gasteiger partial charge in [-0.15, -0.1) is 18.2 Å². The number of para-hydroxylation sites is 4. The Balaban J connectivity index is 0.00000533. The standard InChI is InChI=1S/C59H49N4O.Pt/c1-58(2,3)45-31-41(32-46(36-45)59(4,5)6)42-34-53(62-54(35-42)51-20-11-13-24-56(51)64)44-29-40(39-16-15-26-60-37-39)28-43(30-44)52-33-38(25-27-61-52)48-21-14-22-50-49-19-10-12-23-55(49)63(57(48)50)47-17-8-7-9-18-47;/h7-29,31-37,64H,1-6H3;/q-1;. The molecule has 4 aromatic heterocycles. The number of phenols is 1. The molecule has 322 valence electrons. The van der Waals surface area contributed by atoms with Crippen LogP contribution in [-0.4, -0.2) is 24.6 Å². The molecule has 0 bridgehead atoms. The number of benzene rings is 6. The molecule has 6 heteroatoms. The van der Waals surface area contributed by atoms with E-state index in [2.05, 4.69) is 191 Å². The van der Waals surface area contributed by atoms with Gasteiger partial charge in [-0.1, -0.05) is 161 Å². The van der Waals surface area contributed by atoms with Crippen molar-refractivity contribution in [3.05, 3.63) is 200 Å². The zero-order valence-corrected chi connectivity index (χ0v) is 39.6. The van der Waals surface area contributed by atoms with E-state index in [1.165, 1.54) is 21.9 Å². The fourth-order valence-electron chi connectivity index (χ4n) is 8.71. The first kappa shape index (κ1) is 43.3. The Morgan fingerprint density at radius 1 is 0.492 bits per heavy atom. The summed E-state index contributed by atoms with van der Waals surface area (Å²) >= 11 is 0. The first-order chi connectivity index (χ1) is 30.9. The summed E-state index contributed by atoms with van der Waals surface area (Å²) in [5.74, 6) is 0.174. The van der Waals surface area contributed by atoms with E-state index >= 15 is 0 Å². The van der Waals surface area contributed by atoms with Crippen molar-refractivity contribution in [2.45, 2.75) is 52.4 Å². The van der Waals surface area contributed by atoms with Crippen molar-refractivity contribution in [3.8, 4) is 78.6 Å². The molecule has 1 N–H and O–H groups in total. The molecule has 0 unspecified atom stereocenters. The Kier molecular flexibility index (Phi) is 11.5. The van der Waals surface area contributed by atoms with E-state index in [-0.39, 0.29) is 37.6 Å². The molecule has 0 saturated heterocycles. The van der Waals surface area contributed by atoms with Crippen LogP contribution in [0.25, 0.3) is 94.6 Å². The average molecular weight is 1030 g/mol. The van der Waals surface area contributed by atoms with Crippen LogP contribution in [0.15, 0.2) is 182 Å². The summed E-state index contributed by atoms with van der Waals surface area (Å²) in [6, 6.07) is 60.8. The Labute approximate surface area is 395 Å². The molecule has 0 spiro atoms. The molecule has 0 aliphatic rings. The minimum Gasteiger partial charge on any atom is -0.507 e. The third-order valence-corrected chi connectivity index (χ3v) is 12.2. The number of phenolic OH excluding ortho intramolecular Hbond substituents is 1. The first-order valence-corrected chi connectivity index (χ1v) is 21.9. The second-order valence-corrected chi connectivity index (χ2v) is 18.7. The van der Waals surface area contributed by atoms with Gasteiger partial charge in [0.15, 0.2) is 0 Å². The van der Waals surface area contributed by atoms with Crippen LogP contribution < -0.4 is 0 Å². The molecule has 0 saturated carbocycles. The largest absolute Gasteiger partial charge is 0.507 e. The summed E-state index contributed by atoms with van der Waals surface area (Å²) in [7, 11) is 0. The van der Waals surface area contributed by atoms with Crippen LogP contribution in [0.1, 0.15) is 52.7 Å². The molecule has 0 fully saturated rings. The van der Waals surface area contributed by atoms with Gasteiger partial charge in [0.2, 0.25) is 0 Å². The Bertz CT molecular complexity index is 3330. The summed E-state index contributed by atoms with van der Waals surface area (Å²) in [6.07, 6.45) is 5.58. The molecule has 10 rings (SSSR count). The van der Waals surface area contributed by atoms with Crippen LogP contribution in [0.4, 0.5) is 0 Å². The van der Waals surface area contributed by atoms with Crippen molar-refractivity contribution < 1.29 is 26.2 Å². The van der Waals surface area contributed by atoms with Gasteiger partial charge < -0.3 is 9.67 Å². The van der Waals surface area contributed by atoms with Crippen molar-refractivity contribution in [2.24, 2.45) is 0 Å². The molecule has 65 heavy (non-hydrogen) atoms. The average Bonchev–Trinajstić information content (AvgIpc) is 3.66. The fraction of sp³-hybridized carbons (Fsp3) is 0.136. The van der Waals surface area contributed by atoms with Gasteiger partial charge in [0.1, 0.15) is 5.75 Å². The van der Waals surface area contributed by atoms with E-state index in [0.717, 1.165) is 72.6 Å². The molecule has 4 heterocycles. The Hall–Kier alpha value is -6.94. The number of hydrogen-bond acceptors (Lipinski definition) is 4. The number of nitrogens with zero attached hydrogens (tertiary/aromatic N) is 4. The summed E-state index contributed by atoms with van der Waals surface area (Å²) in [4.78, 5) is 14.8. The van der Waals surface area contributed by atoms with Crippen molar-refractivity contribution in [1.82, 2.24) is 19.5 Å². The zero-order valence-electron chi connectivity index (χ0n) is 37.4. The van der Waals surface area contributed by atoms with Crippen LogP contribution in [0, 0.1) is 6.07 Å². The molecular weight excluding hydrogens is 976 g/mol. The van der Waals surface area contributed by atoms with E-state index in [0.29, 0.717) is 11.3 Å². The fourth-order valence-corrected chi connectivity index (χ4v) is 8.71. The van der Waals surface area contributed by atoms with Gasteiger partial charge >= 0.3 is 0 Å². The minimum absolute atomic E-state index is 0. The Morgan fingerprint density at radius 2 is 1.11 bits per heavy atom. The minimum atomic E-state index is -0.0711. The summed E-state index contributed by atoms with van der Waals surface area (Å²) in [5, 5.41) is 13.6. The number of fused-ring (bicyclic) bond motifs is 3. The summed E-state index contributed by atoms with van der Waals surface area (Å²) in [5.41, 5.74) is 16.5. The molecule has 0 aliphatic carbocycles. The molecule has 0 aliphatic heterocycles. The maximum atomic E-state index is 11.2. The van der Waals surface area contributed by atoms with E-state index < -0.39 is 0 Å². The van der Waals surface area contributed by atoms with Crippen LogP contribution in [-0.2, 0) is 31.9 Å². The van der Waals surface area contributed by atoms with Crippen molar-refractivity contribution >= 4 is 21.8 Å². The first-order valence-electron chi connectivity index (χ1n) is 21.9. The van der Waals surface area contributed by atoms with E-state index in [4.69, 9.17) is 9.97 Å². The molecular formula is C59H49N4OPt-. The Morgan fingerprint density at radius 3 is 1.83 bits per heavy atom. The molecule has 0 radical (unpaired) electrons. The number of pyridine rings is 3. The monoisotopic (exact) mass is 1020 g/mol. The van der Waals surface area contributed by atoms with Crippen LogP contribution >= 0.6 is 0 Å². The molecule has 0 atom stereocenters. The molecule has 6 aromatic carbocycles. The second kappa shape index (κ2) is 17.2. The maximum Gasteiger partial charge on any atom is 0.124 e. The molecule has 5 nitrogen and oxygen atoms in total. The predicted molar refractivity (Wildman–Crippen MR) is 265 cm³/mol. The third kappa shape index (κ3) is 8.45. The van der Waals surface area contributed by atoms with E-state index in [1.807, 2.05) is 36.7 Å². The smallest absolute Gasteiger partial charge is 0.124 e. The van der Waals surface area contributed by atoms with Gasteiger partial charge in [0, 0.05) is 78.6 Å². The van der Waals surface area contributed by atoms with E-state index in [9.17, 15) is 5.11 Å². The van der Waals surface area contributed by atoms with Gasteiger partial charge in [-0.25, -0.2) is 0 Å². The quantitative estimate of drug-likeness (QED) is 0.162. The molecule has 0 amide bonds. The number of aromatic nitrogens is 4. The number of hydrogen-bond donors (Lipinski definition) is 1. The predicted octanol–water partition coefficient (Wildman–Crippen LogP) is 15.1. The van der Waals surface area contributed by atoms with Gasteiger partial charge in [-0.05, 0) is 92.7 Å². The van der Waals surface area contributed by atoms with Gasteiger partial charge in [0.25, 0.3) is 0 Å². The normalized spacial score (nSPS) is 11.8. The van der Waals surface area contributed by atoms with Crippen molar-refractivity contribution in [1.29, 1.82) is 0 Å². The third-order valence-electron chi connectivity index (χ3n) is 12.2. The van der Waals surface area contributed by atoms with Crippen LogP contribution in [0.2, 0.25) is 0 Å². The zero-order chi connectivity index (χ0) is 44.2. The molecule has 10 aromatic rings. The van der Waals surface area contributed by atoms with Crippen molar-refractivity contribution in [3.63, 3.8) is 0 Å². The van der Waals surface area contributed by atoms with E-state index in [1.54, 1.807) is 12.3 Å². The summed E-state index contributed by atoms with van der Waals surface area (Å²) in [6.45, 7) is 13.6.